The molecule has 1 saturated heterocycles. The van der Waals surface area contributed by atoms with E-state index < -0.39 is 0 Å². The Labute approximate surface area is 188 Å². The van der Waals surface area contributed by atoms with Crippen molar-refractivity contribution in [2.45, 2.75) is 26.2 Å². The second kappa shape index (κ2) is 9.62. The molecule has 3 heterocycles. The lowest BCUT2D eigenvalue weighted by molar-refractivity contribution is 0.454. The minimum absolute atomic E-state index is 0.590. The maximum absolute atomic E-state index is 4.88. The summed E-state index contributed by atoms with van der Waals surface area (Å²) in [5, 5.41) is 9.96. The molecule has 2 aliphatic rings. The summed E-state index contributed by atoms with van der Waals surface area (Å²) in [7, 11) is 1.80. The van der Waals surface area contributed by atoms with Gasteiger partial charge in [-0.05, 0) is 55.9 Å². The van der Waals surface area contributed by atoms with Crippen LogP contribution in [-0.4, -0.2) is 35.9 Å². The van der Waals surface area contributed by atoms with Crippen LogP contribution in [0.2, 0.25) is 0 Å². The number of hydrogen-bond donors (Lipinski definition) is 2. The topological polar surface area (TPSA) is 61.7 Å². The number of thioether (sulfide) groups is 1. The van der Waals surface area contributed by atoms with Crippen molar-refractivity contribution in [3.05, 3.63) is 66.7 Å². The molecule has 0 saturated carbocycles. The lowest BCUT2D eigenvalue weighted by Crippen LogP contribution is -2.31. The number of piperidine rings is 1. The highest BCUT2D eigenvalue weighted by Gasteiger charge is 2.22. The van der Waals surface area contributed by atoms with Gasteiger partial charge in [0.2, 0.25) is 0 Å². The fourth-order valence-electron chi connectivity index (χ4n) is 3.94. The van der Waals surface area contributed by atoms with E-state index >= 15 is 0 Å². The smallest absolute Gasteiger partial charge is 0.130 e. The third-order valence-corrected chi connectivity index (χ3v) is 6.76. The van der Waals surface area contributed by atoms with Gasteiger partial charge in [0.1, 0.15) is 5.82 Å². The number of nitrogens with zero attached hydrogens (tertiary/aromatic N) is 3. The largest absolute Gasteiger partial charge is 0.339 e. The molecule has 160 valence electrons. The van der Waals surface area contributed by atoms with Crippen LogP contribution in [0, 0.1) is 5.92 Å². The first-order chi connectivity index (χ1) is 15.0. The quantitative estimate of drug-likeness (QED) is 0.459. The maximum Gasteiger partial charge on any atom is 0.130 e. The fourth-order valence-corrected chi connectivity index (χ4v) is 4.63. The van der Waals surface area contributed by atoms with Crippen LogP contribution in [0.15, 0.2) is 71.1 Å². The molecule has 2 aliphatic heterocycles. The van der Waals surface area contributed by atoms with Crippen molar-refractivity contribution in [1.29, 1.82) is 0 Å². The van der Waals surface area contributed by atoms with E-state index in [0.717, 1.165) is 63.0 Å². The highest BCUT2D eigenvalue weighted by molar-refractivity contribution is 8.21. The van der Waals surface area contributed by atoms with Gasteiger partial charge in [0.05, 0.1) is 16.4 Å². The van der Waals surface area contributed by atoms with E-state index in [9.17, 15) is 0 Å². The first-order valence-electron chi connectivity index (χ1n) is 10.7. The van der Waals surface area contributed by atoms with Crippen LogP contribution >= 0.6 is 11.8 Å². The van der Waals surface area contributed by atoms with Crippen LogP contribution < -0.4 is 10.6 Å². The van der Waals surface area contributed by atoms with E-state index in [1.807, 2.05) is 13.1 Å². The van der Waals surface area contributed by atoms with Crippen molar-refractivity contribution in [3.8, 4) is 0 Å². The molecule has 31 heavy (non-hydrogen) atoms. The summed E-state index contributed by atoms with van der Waals surface area (Å²) in [5.74, 6) is 1.36. The lowest BCUT2D eigenvalue weighted by Gasteiger charge is -2.22. The van der Waals surface area contributed by atoms with Crippen molar-refractivity contribution < 1.29 is 0 Å². The molecule has 0 unspecified atom stereocenters. The van der Waals surface area contributed by atoms with Crippen molar-refractivity contribution in [1.82, 2.24) is 10.3 Å². The zero-order valence-corrected chi connectivity index (χ0v) is 19.1. The number of allylic oxidation sites excluding steroid dienone is 1. The second-order valence-electron chi connectivity index (χ2n) is 7.92. The SMILES string of the molecule is C=C(Nc1cc2cc(C(=C)SC(C)=NC)ccc2cn1)C1=CCC(C2CCNCC2)=N1. The number of aliphatic imine (C=N–C) groups is 2. The Morgan fingerprint density at radius 3 is 2.77 bits per heavy atom. The molecule has 2 aromatic rings. The Morgan fingerprint density at radius 1 is 1.19 bits per heavy atom. The molecular formula is C25H29N5S. The molecule has 5 nitrogen and oxygen atoms in total. The van der Waals surface area contributed by atoms with Gasteiger partial charge in [-0.25, -0.2) is 4.98 Å². The number of fused-ring (bicyclic) bond motifs is 1. The number of rotatable bonds is 6. The van der Waals surface area contributed by atoms with Crippen molar-refractivity contribution in [2.75, 3.05) is 25.5 Å². The van der Waals surface area contributed by atoms with Gasteiger partial charge in [-0.2, -0.15) is 0 Å². The predicted octanol–water partition coefficient (Wildman–Crippen LogP) is 5.64. The third-order valence-electron chi connectivity index (χ3n) is 5.80. The van der Waals surface area contributed by atoms with E-state index in [-0.39, 0.29) is 0 Å². The fraction of sp³-hybridized carbons (Fsp3) is 0.320. The second-order valence-corrected chi connectivity index (χ2v) is 9.21. The summed E-state index contributed by atoms with van der Waals surface area (Å²) < 4.78 is 0. The predicted molar refractivity (Wildman–Crippen MR) is 136 cm³/mol. The lowest BCUT2D eigenvalue weighted by atomic mass is 9.92. The summed E-state index contributed by atoms with van der Waals surface area (Å²) in [5.41, 5.74) is 4.11. The molecule has 6 heteroatoms. The average molecular weight is 432 g/mol. The van der Waals surface area contributed by atoms with Crippen molar-refractivity contribution in [3.63, 3.8) is 0 Å². The minimum Gasteiger partial charge on any atom is -0.339 e. The van der Waals surface area contributed by atoms with E-state index in [1.54, 1.807) is 18.8 Å². The van der Waals surface area contributed by atoms with Crippen molar-refractivity contribution in [2.24, 2.45) is 15.9 Å². The Morgan fingerprint density at radius 2 is 2.00 bits per heavy atom. The number of aromatic nitrogens is 1. The zero-order chi connectivity index (χ0) is 21.8. The number of nitrogens with one attached hydrogen (secondary N) is 2. The molecule has 0 amide bonds. The summed E-state index contributed by atoms with van der Waals surface area (Å²) in [6.07, 6.45) is 7.32. The van der Waals surface area contributed by atoms with Crippen LogP contribution in [0.1, 0.15) is 31.7 Å². The molecule has 1 aromatic heterocycles. The molecule has 0 atom stereocenters. The summed E-state index contributed by atoms with van der Waals surface area (Å²) in [6, 6.07) is 8.35. The van der Waals surface area contributed by atoms with Gasteiger partial charge in [-0.15, -0.1) is 0 Å². The standard InChI is InChI=1S/C25H29N5S/c1-16(23-7-8-24(30-23)19-9-11-27-12-10-19)29-25-14-22-13-20(5-6-21(22)15-28-25)17(2)31-18(3)26-4/h5-7,13-15,19,27H,1-2,8-12H2,3-4H3,(H,28,29). The average Bonchev–Trinajstić information content (AvgIpc) is 3.29. The highest BCUT2D eigenvalue weighted by Crippen LogP contribution is 2.30. The molecule has 1 fully saturated rings. The number of hydrogen-bond acceptors (Lipinski definition) is 6. The van der Waals surface area contributed by atoms with E-state index in [0.29, 0.717) is 5.92 Å². The van der Waals surface area contributed by atoms with E-state index in [2.05, 4.69) is 64.1 Å². The third kappa shape index (κ3) is 5.14. The molecule has 0 spiro atoms. The molecule has 4 rings (SSSR count). The van der Waals surface area contributed by atoms with Crippen LogP contribution in [0.3, 0.4) is 0 Å². The van der Waals surface area contributed by atoms with Crippen LogP contribution in [0.25, 0.3) is 15.7 Å². The Kier molecular flexibility index (Phi) is 6.68. The van der Waals surface area contributed by atoms with E-state index in [4.69, 9.17) is 4.99 Å². The van der Waals surface area contributed by atoms with Gasteiger partial charge in [-0.3, -0.25) is 9.98 Å². The molecule has 2 N–H and O–H groups in total. The Balaban J connectivity index is 1.47. The number of benzene rings is 1. The van der Waals surface area contributed by atoms with Gasteiger partial charge in [0, 0.05) is 41.6 Å². The first kappa shape index (κ1) is 21.5. The summed E-state index contributed by atoms with van der Waals surface area (Å²) in [6.45, 7) is 12.6. The minimum atomic E-state index is 0.590. The first-order valence-corrected chi connectivity index (χ1v) is 11.5. The Bertz CT molecular complexity index is 1110. The van der Waals surface area contributed by atoms with Crippen LogP contribution in [0.4, 0.5) is 5.82 Å². The Hall–Kier alpha value is -2.70. The van der Waals surface area contributed by atoms with Gasteiger partial charge < -0.3 is 10.6 Å². The maximum atomic E-state index is 4.88. The summed E-state index contributed by atoms with van der Waals surface area (Å²) >= 11 is 1.59. The van der Waals surface area contributed by atoms with Crippen molar-refractivity contribution >= 4 is 44.0 Å². The number of pyridine rings is 1. The normalized spacial score (nSPS) is 17.4. The highest BCUT2D eigenvalue weighted by atomic mass is 32.2. The van der Waals surface area contributed by atoms with Gasteiger partial charge >= 0.3 is 0 Å². The van der Waals surface area contributed by atoms with Crippen LogP contribution in [0.5, 0.6) is 0 Å². The molecule has 1 aromatic carbocycles. The van der Waals surface area contributed by atoms with Gasteiger partial charge in [0.25, 0.3) is 0 Å². The van der Waals surface area contributed by atoms with Gasteiger partial charge in [0.15, 0.2) is 0 Å². The van der Waals surface area contributed by atoms with E-state index in [1.165, 1.54) is 18.6 Å². The van der Waals surface area contributed by atoms with Crippen LogP contribution in [-0.2, 0) is 0 Å². The molecular weight excluding hydrogens is 402 g/mol. The molecule has 0 radical (unpaired) electrons. The molecule has 0 aliphatic carbocycles. The monoisotopic (exact) mass is 431 g/mol. The zero-order valence-electron chi connectivity index (χ0n) is 18.2. The number of anilines is 1. The summed E-state index contributed by atoms with van der Waals surface area (Å²) in [4.78, 5) is 14.6. The molecule has 0 bridgehead atoms. The van der Waals surface area contributed by atoms with Gasteiger partial charge in [-0.1, -0.05) is 43.1 Å².